The van der Waals surface area contributed by atoms with Crippen LogP contribution >= 0.6 is 0 Å². The number of nitrogens with zero attached hydrogens (tertiary/aromatic N) is 3. The maximum absolute atomic E-state index is 12.7. The van der Waals surface area contributed by atoms with Gasteiger partial charge in [0.25, 0.3) is 0 Å². The number of benzene rings is 2. The molecule has 0 amide bonds. The molecular weight excluding hydrogens is 502 g/mol. The molecule has 4 aromatic rings. The highest BCUT2D eigenvalue weighted by atomic mass is 32.2. The van der Waals surface area contributed by atoms with Gasteiger partial charge in [-0.15, -0.1) is 0 Å². The van der Waals surface area contributed by atoms with Crippen LogP contribution in [0.5, 0.6) is 0 Å². The number of hydrogen-bond acceptors (Lipinski definition) is 4. The molecule has 0 bridgehead atoms. The minimum absolute atomic E-state index is 0.302. The van der Waals surface area contributed by atoms with Crippen molar-refractivity contribution in [2.24, 2.45) is 0 Å². The standard InChI is InChI=1S/C30H33N5OS.C2H6/c1-30(2)26-12-9-22(17-27(26)37(36)34-30)28-25-16-23(18-31-29(25)33-32-28)21-6-5-19-7-10-24(11-8-20(19)15-21)35-13-3-4-14-35;1-2/h5-6,9,12,15-18,24,34H,3-4,7-8,10-11,13-14H2,1-2H3,(H,31,32,33);1-2H3. The number of nitrogens with one attached hydrogen (secondary N) is 2. The number of hydrogen-bond donors (Lipinski definition) is 2. The smallest absolute Gasteiger partial charge is 0.181 e. The number of likely N-dealkylation sites (tertiary alicyclic amines) is 1. The lowest BCUT2D eigenvalue weighted by atomic mass is 9.94. The second-order valence-corrected chi connectivity index (χ2v) is 12.5. The summed E-state index contributed by atoms with van der Waals surface area (Å²) < 4.78 is 15.9. The lowest BCUT2D eigenvalue weighted by Crippen LogP contribution is -2.32. The van der Waals surface area contributed by atoms with E-state index in [0.717, 1.165) is 45.1 Å². The van der Waals surface area contributed by atoms with Gasteiger partial charge < -0.3 is 4.90 Å². The van der Waals surface area contributed by atoms with Gasteiger partial charge in [-0.1, -0.05) is 44.2 Å². The molecule has 39 heavy (non-hydrogen) atoms. The van der Waals surface area contributed by atoms with Gasteiger partial charge >= 0.3 is 0 Å². The SMILES string of the molecule is CC.CC1(C)NS(=O)c2cc(-c3[nH]nc4ncc(-c5ccc6c(c5)CCC(N5CCCC5)CC6)cc34)ccc21. The molecule has 3 aliphatic rings. The molecule has 4 heterocycles. The zero-order chi connectivity index (χ0) is 27.1. The van der Waals surface area contributed by atoms with Gasteiger partial charge in [-0.2, -0.15) is 5.10 Å². The van der Waals surface area contributed by atoms with Gasteiger partial charge in [0.1, 0.15) is 11.0 Å². The van der Waals surface area contributed by atoms with Crippen LogP contribution in [0.3, 0.4) is 0 Å². The molecule has 0 spiro atoms. The summed E-state index contributed by atoms with van der Waals surface area (Å²) in [5, 5.41) is 8.64. The number of aryl methyl sites for hydroxylation is 2. The molecule has 2 aromatic carbocycles. The average molecular weight is 542 g/mol. The van der Waals surface area contributed by atoms with Crippen molar-refractivity contribution in [1.82, 2.24) is 24.8 Å². The quantitative estimate of drug-likeness (QED) is 0.290. The second kappa shape index (κ2) is 10.6. The Labute approximate surface area is 234 Å². The van der Waals surface area contributed by atoms with Crippen molar-refractivity contribution in [3.8, 4) is 22.4 Å². The van der Waals surface area contributed by atoms with Crippen molar-refractivity contribution in [3.05, 3.63) is 65.4 Å². The van der Waals surface area contributed by atoms with Crippen molar-refractivity contribution < 1.29 is 4.21 Å². The second-order valence-electron chi connectivity index (χ2n) is 11.4. The van der Waals surface area contributed by atoms with Crippen LogP contribution in [-0.2, 0) is 29.4 Å². The van der Waals surface area contributed by atoms with Gasteiger partial charge in [0.2, 0.25) is 0 Å². The maximum Gasteiger partial charge on any atom is 0.181 e. The summed E-state index contributed by atoms with van der Waals surface area (Å²) in [6.07, 6.45) is 9.50. The highest BCUT2D eigenvalue weighted by Crippen LogP contribution is 2.37. The van der Waals surface area contributed by atoms with Gasteiger partial charge in [0.05, 0.1) is 16.1 Å². The summed E-state index contributed by atoms with van der Waals surface area (Å²) in [5.74, 6) is 0. The Hall–Kier alpha value is -2.87. The first-order chi connectivity index (χ1) is 19.0. The molecule has 0 radical (unpaired) electrons. The van der Waals surface area contributed by atoms with Crippen molar-refractivity contribution in [3.63, 3.8) is 0 Å². The predicted molar refractivity (Wildman–Crippen MR) is 160 cm³/mol. The molecule has 2 unspecified atom stereocenters. The fourth-order valence-electron chi connectivity index (χ4n) is 6.51. The van der Waals surface area contributed by atoms with E-state index in [0.29, 0.717) is 5.65 Å². The van der Waals surface area contributed by atoms with E-state index in [1.165, 1.54) is 61.9 Å². The number of aromatic amines is 1. The average Bonchev–Trinajstić information content (AvgIpc) is 3.65. The number of fused-ring (bicyclic) bond motifs is 3. The molecule has 0 saturated carbocycles. The van der Waals surface area contributed by atoms with Crippen LogP contribution in [0.25, 0.3) is 33.4 Å². The Bertz CT molecular complexity index is 1540. The first-order valence-electron chi connectivity index (χ1n) is 14.5. The van der Waals surface area contributed by atoms with Gasteiger partial charge in [-0.25, -0.2) is 13.9 Å². The zero-order valence-corrected chi connectivity index (χ0v) is 24.3. The molecule has 2 aromatic heterocycles. The third kappa shape index (κ3) is 4.85. The topological polar surface area (TPSA) is 73.9 Å². The Balaban J connectivity index is 0.00000135. The van der Waals surface area contributed by atoms with E-state index in [9.17, 15) is 4.21 Å². The van der Waals surface area contributed by atoms with Gasteiger partial charge in [-0.3, -0.25) is 5.10 Å². The number of H-pyrrole nitrogens is 1. The van der Waals surface area contributed by atoms with E-state index in [1.807, 2.05) is 26.1 Å². The van der Waals surface area contributed by atoms with Gasteiger partial charge in [0.15, 0.2) is 5.65 Å². The molecule has 1 aliphatic carbocycles. The molecule has 6 nitrogen and oxygen atoms in total. The van der Waals surface area contributed by atoms with Gasteiger partial charge in [0, 0.05) is 28.8 Å². The van der Waals surface area contributed by atoms with Crippen LogP contribution in [0.15, 0.2) is 53.6 Å². The maximum atomic E-state index is 12.7. The number of rotatable bonds is 3. The summed E-state index contributed by atoms with van der Waals surface area (Å²) >= 11 is 0. The van der Waals surface area contributed by atoms with Crippen molar-refractivity contribution >= 4 is 22.0 Å². The molecule has 2 aliphatic heterocycles. The Morgan fingerprint density at radius 1 is 0.923 bits per heavy atom. The predicted octanol–water partition coefficient (Wildman–Crippen LogP) is 6.52. The summed E-state index contributed by atoms with van der Waals surface area (Å²) in [5.41, 5.74) is 8.67. The fourth-order valence-corrected chi connectivity index (χ4v) is 7.95. The monoisotopic (exact) mass is 541 g/mol. The van der Waals surface area contributed by atoms with Crippen molar-refractivity contribution in [2.75, 3.05) is 13.1 Å². The fraction of sp³-hybridized carbons (Fsp3) is 0.438. The van der Waals surface area contributed by atoms with E-state index >= 15 is 0 Å². The molecular formula is C32H39N5OS. The van der Waals surface area contributed by atoms with E-state index in [4.69, 9.17) is 0 Å². The molecule has 1 fully saturated rings. The zero-order valence-electron chi connectivity index (χ0n) is 23.5. The highest BCUT2D eigenvalue weighted by molar-refractivity contribution is 7.83. The van der Waals surface area contributed by atoms with Crippen molar-refractivity contribution in [2.45, 2.75) is 82.7 Å². The lowest BCUT2D eigenvalue weighted by molar-refractivity contribution is 0.222. The summed E-state index contributed by atoms with van der Waals surface area (Å²) in [4.78, 5) is 8.25. The van der Waals surface area contributed by atoms with Gasteiger partial charge in [-0.05, 0) is 99.8 Å². The third-order valence-corrected chi connectivity index (χ3v) is 10.0. The summed E-state index contributed by atoms with van der Waals surface area (Å²) in [7, 11) is -1.22. The largest absolute Gasteiger partial charge is 0.300 e. The minimum atomic E-state index is -1.22. The Morgan fingerprint density at radius 2 is 1.67 bits per heavy atom. The highest BCUT2D eigenvalue weighted by Gasteiger charge is 2.34. The van der Waals surface area contributed by atoms with E-state index in [2.05, 4.69) is 75.0 Å². The Kier molecular flexibility index (Phi) is 7.16. The van der Waals surface area contributed by atoms with E-state index in [1.54, 1.807) is 0 Å². The normalized spacial score (nSPS) is 22.2. The van der Waals surface area contributed by atoms with Crippen LogP contribution in [-0.4, -0.2) is 43.4 Å². The summed E-state index contributed by atoms with van der Waals surface area (Å²) in [6, 6.07) is 16.1. The molecule has 2 N–H and O–H groups in total. The van der Waals surface area contributed by atoms with Crippen LogP contribution < -0.4 is 4.72 Å². The minimum Gasteiger partial charge on any atom is -0.300 e. The third-order valence-electron chi connectivity index (χ3n) is 8.59. The van der Waals surface area contributed by atoms with Crippen LogP contribution in [0, 0.1) is 0 Å². The first kappa shape index (κ1) is 26.4. The molecule has 7 rings (SSSR count). The van der Waals surface area contributed by atoms with E-state index < -0.39 is 11.0 Å². The molecule has 2 atom stereocenters. The first-order valence-corrected chi connectivity index (χ1v) is 15.7. The van der Waals surface area contributed by atoms with E-state index in [-0.39, 0.29) is 5.54 Å². The van der Waals surface area contributed by atoms with Crippen LogP contribution in [0.1, 0.15) is 70.1 Å². The number of pyridine rings is 1. The van der Waals surface area contributed by atoms with Crippen LogP contribution in [0.2, 0.25) is 0 Å². The number of aromatic nitrogens is 3. The summed E-state index contributed by atoms with van der Waals surface area (Å²) in [6.45, 7) is 10.7. The van der Waals surface area contributed by atoms with Crippen LogP contribution in [0.4, 0.5) is 0 Å². The lowest BCUT2D eigenvalue weighted by Gasteiger charge is -2.25. The molecule has 204 valence electrons. The molecule has 1 saturated heterocycles. The molecule has 7 heteroatoms. The van der Waals surface area contributed by atoms with Crippen molar-refractivity contribution in [1.29, 1.82) is 0 Å². The Morgan fingerprint density at radius 3 is 2.46 bits per heavy atom.